The molecule has 4 nitrogen and oxygen atoms in total. The predicted molar refractivity (Wildman–Crippen MR) is 98.5 cm³/mol. The Kier molecular flexibility index (Phi) is 5.33. The van der Waals surface area contributed by atoms with E-state index < -0.39 is 10.0 Å². The van der Waals surface area contributed by atoms with Gasteiger partial charge >= 0.3 is 0 Å². The molecule has 24 heavy (non-hydrogen) atoms. The Labute approximate surface area is 146 Å². The van der Waals surface area contributed by atoms with Crippen LogP contribution in [-0.4, -0.2) is 49.1 Å². The van der Waals surface area contributed by atoms with Crippen molar-refractivity contribution >= 4 is 10.0 Å². The first-order chi connectivity index (χ1) is 11.4. The summed E-state index contributed by atoms with van der Waals surface area (Å²) in [6.45, 7) is 8.60. The van der Waals surface area contributed by atoms with E-state index in [1.165, 1.54) is 11.1 Å². The first-order valence-electron chi connectivity index (χ1n) is 9.23. The van der Waals surface area contributed by atoms with E-state index in [1.807, 2.05) is 20.8 Å². The first kappa shape index (κ1) is 17.9. The minimum absolute atomic E-state index is 0.131. The van der Waals surface area contributed by atoms with Crippen molar-refractivity contribution in [3.63, 3.8) is 0 Å². The highest BCUT2D eigenvalue weighted by atomic mass is 32.2. The summed E-state index contributed by atoms with van der Waals surface area (Å²) in [4.78, 5) is 2.54. The molecule has 134 valence electrons. The highest BCUT2D eigenvalue weighted by molar-refractivity contribution is 7.89. The van der Waals surface area contributed by atoms with Crippen molar-refractivity contribution in [2.24, 2.45) is 5.92 Å². The molecule has 2 aliphatic rings. The number of nitrogens with zero attached hydrogens (tertiary/aromatic N) is 2. The number of fused-ring (bicyclic) bond motifs is 3. The molecule has 0 aromatic heterocycles. The average molecular weight is 351 g/mol. The second-order valence-electron chi connectivity index (χ2n) is 7.55. The van der Waals surface area contributed by atoms with Gasteiger partial charge in [-0.2, -0.15) is 4.31 Å². The molecule has 0 amide bonds. The van der Waals surface area contributed by atoms with E-state index in [0.717, 1.165) is 32.4 Å². The van der Waals surface area contributed by atoms with E-state index in [0.29, 0.717) is 12.6 Å². The summed E-state index contributed by atoms with van der Waals surface area (Å²) in [6, 6.07) is 9.18. The lowest BCUT2D eigenvalue weighted by Crippen LogP contribution is -2.50. The van der Waals surface area contributed by atoms with Gasteiger partial charge in [0.25, 0.3) is 0 Å². The van der Waals surface area contributed by atoms with Gasteiger partial charge in [0, 0.05) is 31.7 Å². The number of sulfonamides is 1. The van der Waals surface area contributed by atoms with Crippen molar-refractivity contribution in [3.05, 3.63) is 35.4 Å². The average Bonchev–Trinajstić information content (AvgIpc) is 2.54. The van der Waals surface area contributed by atoms with Crippen molar-refractivity contribution in [1.82, 2.24) is 9.21 Å². The van der Waals surface area contributed by atoms with Gasteiger partial charge in [-0.3, -0.25) is 4.90 Å². The Balaban J connectivity index is 1.82. The summed E-state index contributed by atoms with van der Waals surface area (Å²) in [6.07, 6.45) is 2.98. The molecule has 2 aliphatic heterocycles. The maximum atomic E-state index is 12.8. The summed E-state index contributed by atoms with van der Waals surface area (Å²) in [5.74, 6) is 0.419. The second kappa shape index (κ2) is 7.14. The molecular weight excluding hydrogens is 320 g/mol. The standard InChI is InChI=1S/C19H30N2O2S/c1-4-21(24(22,23)14-15(2)3)17-10-12-20-11-9-16-7-5-6-8-18(16)19(20)13-17/h5-8,15,17,19H,4,9-14H2,1-3H3/t17-,19+/m1/s1. The molecular formula is C19H30N2O2S. The van der Waals surface area contributed by atoms with Crippen LogP contribution in [0.25, 0.3) is 0 Å². The molecule has 3 rings (SSSR count). The third-order valence-corrected chi connectivity index (χ3v) is 7.75. The molecule has 1 fully saturated rings. The minimum Gasteiger partial charge on any atom is -0.296 e. The van der Waals surface area contributed by atoms with Gasteiger partial charge in [0.15, 0.2) is 0 Å². The molecule has 0 radical (unpaired) electrons. The van der Waals surface area contributed by atoms with Crippen LogP contribution in [0.5, 0.6) is 0 Å². The van der Waals surface area contributed by atoms with Gasteiger partial charge in [0.2, 0.25) is 10.0 Å². The maximum absolute atomic E-state index is 12.8. The minimum atomic E-state index is -3.17. The van der Waals surface area contributed by atoms with Gasteiger partial charge in [0.1, 0.15) is 0 Å². The van der Waals surface area contributed by atoms with Crippen LogP contribution in [0.4, 0.5) is 0 Å². The molecule has 0 N–H and O–H groups in total. The molecule has 0 unspecified atom stereocenters. The molecule has 1 saturated heterocycles. The molecule has 0 saturated carbocycles. The lowest BCUT2D eigenvalue weighted by atomic mass is 9.85. The summed E-state index contributed by atoms with van der Waals surface area (Å²) in [7, 11) is -3.17. The summed E-state index contributed by atoms with van der Waals surface area (Å²) >= 11 is 0. The Hall–Kier alpha value is -0.910. The number of rotatable bonds is 5. The van der Waals surface area contributed by atoms with Crippen LogP contribution in [0.1, 0.15) is 50.8 Å². The third kappa shape index (κ3) is 3.53. The number of hydrogen-bond acceptors (Lipinski definition) is 3. The van der Waals surface area contributed by atoms with Gasteiger partial charge in [-0.25, -0.2) is 8.42 Å². The van der Waals surface area contributed by atoms with E-state index in [-0.39, 0.29) is 17.7 Å². The molecule has 5 heteroatoms. The highest BCUT2D eigenvalue weighted by Crippen LogP contribution is 2.38. The molecule has 2 atom stereocenters. The largest absolute Gasteiger partial charge is 0.296 e. The molecule has 2 heterocycles. The fourth-order valence-corrected chi connectivity index (χ4v) is 6.47. The van der Waals surface area contributed by atoms with Gasteiger partial charge in [-0.05, 0) is 36.3 Å². The van der Waals surface area contributed by atoms with Crippen LogP contribution >= 0.6 is 0 Å². The molecule has 0 bridgehead atoms. The van der Waals surface area contributed by atoms with Crippen LogP contribution < -0.4 is 0 Å². The normalized spacial score (nSPS) is 24.9. The second-order valence-corrected chi connectivity index (χ2v) is 9.52. The van der Waals surface area contributed by atoms with Crippen LogP contribution in [0.3, 0.4) is 0 Å². The fourth-order valence-electron chi connectivity index (χ4n) is 4.40. The van der Waals surface area contributed by atoms with Crippen molar-refractivity contribution in [2.75, 3.05) is 25.4 Å². The zero-order chi connectivity index (χ0) is 17.3. The van der Waals surface area contributed by atoms with Crippen molar-refractivity contribution < 1.29 is 8.42 Å². The zero-order valence-electron chi connectivity index (χ0n) is 15.1. The van der Waals surface area contributed by atoms with E-state index in [1.54, 1.807) is 4.31 Å². The van der Waals surface area contributed by atoms with E-state index in [2.05, 4.69) is 29.2 Å². The third-order valence-electron chi connectivity index (χ3n) is 5.39. The Bertz CT molecular complexity index is 672. The lowest BCUT2D eigenvalue weighted by Gasteiger charge is -2.45. The van der Waals surface area contributed by atoms with Gasteiger partial charge in [-0.1, -0.05) is 45.0 Å². The van der Waals surface area contributed by atoms with Crippen LogP contribution in [-0.2, 0) is 16.4 Å². The Morgan fingerprint density at radius 1 is 1.25 bits per heavy atom. The van der Waals surface area contributed by atoms with Crippen molar-refractivity contribution in [2.45, 2.75) is 52.1 Å². The van der Waals surface area contributed by atoms with E-state index in [9.17, 15) is 8.42 Å². The summed E-state index contributed by atoms with van der Waals surface area (Å²) < 4.78 is 27.4. The molecule has 0 aliphatic carbocycles. The van der Waals surface area contributed by atoms with Gasteiger partial charge in [-0.15, -0.1) is 0 Å². The monoisotopic (exact) mass is 350 g/mol. The summed E-state index contributed by atoms with van der Waals surface area (Å²) in [5, 5.41) is 0. The fraction of sp³-hybridized carbons (Fsp3) is 0.684. The van der Waals surface area contributed by atoms with Gasteiger partial charge < -0.3 is 0 Å². The summed E-state index contributed by atoms with van der Waals surface area (Å²) in [5.41, 5.74) is 2.85. The van der Waals surface area contributed by atoms with E-state index in [4.69, 9.17) is 0 Å². The van der Waals surface area contributed by atoms with Gasteiger partial charge in [0.05, 0.1) is 5.75 Å². The smallest absolute Gasteiger partial charge is 0.214 e. The van der Waals surface area contributed by atoms with Crippen molar-refractivity contribution in [1.29, 1.82) is 0 Å². The maximum Gasteiger partial charge on any atom is 0.214 e. The molecule has 1 aromatic carbocycles. The zero-order valence-corrected chi connectivity index (χ0v) is 15.9. The number of hydrogen-bond donors (Lipinski definition) is 0. The molecule has 1 aromatic rings. The number of piperidine rings is 1. The Morgan fingerprint density at radius 2 is 2.00 bits per heavy atom. The topological polar surface area (TPSA) is 40.6 Å². The predicted octanol–water partition coefficient (Wildman–Crippen LogP) is 3.06. The lowest BCUT2D eigenvalue weighted by molar-refractivity contribution is 0.0919. The quantitative estimate of drug-likeness (QED) is 0.819. The first-order valence-corrected chi connectivity index (χ1v) is 10.8. The van der Waals surface area contributed by atoms with E-state index >= 15 is 0 Å². The highest BCUT2D eigenvalue weighted by Gasteiger charge is 2.38. The Morgan fingerprint density at radius 3 is 2.71 bits per heavy atom. The SMILES string of the molecule is CCN([C@@H]1CCN2CCc3ccccc3[C@@H]2C1)S(=O)(=O)CC(C)C. The molecule has 0 spiro atoms. The van der Waals surface area contributed by atoms with Crippen molar-refractivity contribution in [3.8, 4) is 0 Å². The van der Waals surface area contributed by atoms with Crippen LogP contribution in [0, 0.1) is 5.92 Å². The van der Waals surface area contributed by atoms with Crippen LogP contribution in [0.15, 0.2) is 24.3 Å². The van der Waals surface area contributed by atoms with Crippen LogP contribution in [0.2, 0.25) is 0 Å². The number of benzene rings is 1.